The number of aliphatic hydroxyl groups is 3. The number of benzene rings is 1. The Morgan fingerprint density at radius 2 is 1.80 bits per heavy atom. The van der Waals surface area contributed by atoms with Gasteiger partial charge in [-0.3, -0.25) is 0 Å². The molecular formula is C15H25NO4. The molecule has 20 heavy (non-hydrogen) atoms. The van der Waals surface area contributed by atoms with E-state index in [2.05, 4.69) is 5.32 Å². The Labute approximate surface area is 120 Å². The molecule has 1 aromatic carbocycles. The van der Waals surface area contributed by atoms with E-state index in [1.807, 2.05) is 38.1 Å². The minimum atomic E-state index is -0.745. The van der Waals surface area contributed by atoms with Crippen molar-refractivity contribution in [3.8, 4) is 5.75 Å². The Morgan fingerprint density at radius 1 is 1.20 bits per heavy atom. The summed E-state index contributed by atoms with van der Waals surface area (Å²) in [6, 6.07) is 7.60. The van der Waals surface area contributed by atoms with Crippen molar-refractivity contribution in [2.24, 2.45) is 0 Å². The molecule has 0 heterocycles. The Kier molecular flexibility index (Phi) is 6.95. The van der Waals surface area contributed by atoms with Crippen LogP contribution >= 0.6 is 0 Å². The average Bonchev–Trinajstić information content (AvgIpc) is 2.48. The molecular weight excluding hydrogens is 258 g/mol. The van der Waals surface area contributed by atoms with Crippen LogP contribution in [0, 0.1) is 6.92 Å². The highest BCUT2D eigenvalue weighted by Crippen LogP contribution is 2.12. The number of ether oxygens (including phenoxy) is 1. The molecule has 0 saturated carbocycles. The molecule has 0 aromatic heterocycles. The van der Waals surface area contributed by atoms with Gasteiger partial charge in [0.1, 0.15) is 18.5 Å². The van der Waals surface area contributed by atoms with E-state index >= 15 is 0 Å². The largest absolute Gasteiger partial charge is 0.491 e. The van der Waals surface area contributed by atoms with E-state index in [9.17, 15) is 15.3 Å². The van der Waals surface area contributed by atoms with E-state index < -0.39 is 11.6 Å². The predicted octanol–water partition coefficient (Wildman–Crippen LogP) is 0.458. The fourth-order valence-corrected chi connectivity index (χ4v) is 1.73. The van der Waals surface area contributed by atoms with Crippen molar-refractivity contribution in [2.75, 3.05) is 26.4 Å². The van der Waals surface area contributed by atoms with Gasteiger partial charge in [-0.15, -0.1) is 0 Å². The summed E-state index contributed by atoms with van der Waals surface area (Å²) in [6.45, 7) is 3.93. The molecule has 5 heteroatoms. The first-order valence-corrected chi connectivity index (χ1v) is 6.89. The Bertz CT molecular complexity index is 368. The van der Waals surface area contributed by atoms with E-state index in [1.54, 1.807) is 0 Å². The van der Waals surface area contributed by atoms with Crippen LogP contribution in [0.1, 0.15) is 18.9 Å². The van der Waals surface area contributed by atoms with Gasteiger partial charge in [-0.1, -0.05) is 24.6 Å². The summed E-state index contributed by atoms with van der Waals surface area (Å²) in [7, 11) is 0. The van der Waals surface area contributed by atoms with Crippen molar-refractivity contribution in [3.63, 3.8) is 0 Å². The molecule has 0 saturated heterocycles. The summed E-state index contributed by atoms with van der Waals surface area (Å²) in [6.07, 6.45) is -0.133. The van der Waals surface area contributed by atoms with Crippen LogP contribution in [0.3, 0.4) is 0 Å². The Hall–Kier alpha value is -1.14. The highest BCUT2D eigenvalue weighted by molar-refractivity contribution is 5.26. The second-order valence-electron chi connectivity index (χ2n) is 5.11. The van der Waals surface area contributed by atoms with Gasteiger partial charge >= 0.3 is 0 Å². The molecule has 0 aliphatic rings. The second kappa shape index (κ2) is 8.21. The summed E-state index contributed by atoms with van der Waals surface area (Å²) in [5.74, 6) is 0.709. The number of aliphatic hydroxyl groups excluding tert-OH is 3. The van der Waals surface area contributed by atoms with E-state index in [0.29, 0.717) is 12.2 Å². The molecule has 0 amide bonds. The first-order valence-electron chi connectivity index (χ1n) is 6.89. The molecule has 1 unspecified atom stereocenters. The van der Waals surface area contributed by atoms with Crippen molar-refractivity contribution < 1.29 is 20.1 Å². The van der Waals surface area contributed by atoms with Crippen LogP contribution in [0.4, 0.5) is 0 Å². The van der Waals surface area contributed by atoms with Crippen LogP contribution in [0.5, 0.6) is 5.75 Å². The number of hydrogen-bond donors (Lipinski definition) is 4. The maximum atomic E-state index is 9.86. The molecule has 1 atom stereocenters. The van der Waals surface area contributed by atoms with Gasteiger partial charge in [0.15, 0.2) is 0 Å². The first-order chi connectivity index (χ1) is 9.55. The SMILES string of the molecule is CCC(CO)(CO)NCC(O)COc1ccc(C)cc1. The van der Waals surface area contributed by atoms with E-state index in [0.717, 1.165) is 5.56 Å². The zero-order valence-corrected chi connectivity index (χ0v) is 12.2. The van der Waals surface area contributed by atoms with Gasteiger partial charge in [-0.25, -0.2) is 0 Å². The molecule has 5 nitrogen and oxygen atoms in total. The zero-order chi connectivity index (χ0) is 15.0. The highest BCUT2D eigenvalue weighted by atomic mass is 16.5. The Morgan fingerprint density at radius 3 is 2.30 bits per heavy atom. The topological polar surface area (TPSA) is 82.0 Å². The quantitative estimate of drug-likeness (QED) is 0.529. The lowest BCUT2D eigenvalue weighted by molar-refractivity contribution is 0.0568. The minimum Gasteiger partial charge on any atom is -0.491 e. The molecule has 0 radical (unpaired) electrons. The van der Waals surface area contributed by atoms with Crippen molar-refractivity contribution in [1.29, 1.82) is 0 Å². The summed E-state index contributed by atoms with van der Waals surface area (Å²) in [5.41, 5.74) is 0.406. The third kappa shape index (κ3) is 5.09. The van der Waals surface area contributed by atoms with E-state index in [-0.39, 0.29) is 26.4 Å². The normalized spacial score (nSPS) is 13.2. The summed E-state index contributed by atoms with van der Waals surface area (Å²) >= 11 is 0. The smallest absolute Gasteiger partial charge is 0.119 e. The van der Waals surface area contributed by atoms with E-state index in [1.165, 1.54) is 0 Å². The lowest BCUT2D eigenvalue weighted by Gasteiger charge is -2.30. The van der Waals surface area contributed by atoms with Crippen molar-refractivity contribution >= 4 is 0 Å². The molecule has 0 fully saturated rings. The number of nitrogens with one attached hydrogen (secondary N) is 1. The lowest BCUT2D eigenvalue weighted by atomic mass is 9.98. The number of β-amino-alcohol motifs (C(OH)–C–C–N with tert-alkyl or cyclic N) is 1. The van der Waals surface area contributed by atoms with Gasteiger partial charge in [0, 0.05) is 6.54 Å². The summed E-state index contributed by atoms with van der Waals surface area (Å²) in [5, 5.41) is 31.4. The minimum absolute atomic E-state index is 0.159. The highest BCUT2D eigenvalue weighted by Gasteiger charge is 2.26. The summed E-state index contributed by atoms with van der Waals surface area (Å²) < 4.78 is 5.47. The molecule has 0 aliphatic carbocycles. The summed E-state index contributed by atoms with van der Waals surface area (Å²) in [4.78, 5) is 0. The molecule has 1 aromatic rings. The van der Waals surface area contributed by atoms with Crippen LogP contribution in [0.15, 0.2) is 24.3 Å². The van der Waals surface area contributed by atoms with Crippen LogP contribution in [0.2, 0.25) is 0 Å². The predicted molar refractivity (Wildman–Crippen MR) is 77.9 cm³/mol. The fraction of sp³-hybridized carbons (Fsp3) is 0.600. The van der Waals surface area contributed by atoms with Crippen LogP contribution in [0.25, 0.3) is 0 Å². The Balaban J connectivity index is 2.36. The molecule has 0 aliphatic heterocycles. The molecule has 0 spiro atoms. The maximum absolute atomic E-state index is 9.86. The van der Waals surface area contributed by atoms with Crippen molar-refractivity contribution in [3.05, 3.63) is 29.8 Å². The maximum Gasteiger partial charge on any atom is 0.119 e. The molecule has 114 valence electrons. The lowest BCUT2D eigenvalue weighted by Crippen LogP contribution is -2.54. The molecule has 4 N–H and O–H groups in total. The number of rotatable bonds is 9. The standard InChI is InChI=1S/C15H25NO4/c1-3-15(10-17,11-18)16-8-13(19)9-20-14-6-4-12(2)5-7-14/h4-7,13,16-19H,3,8-11H2,1-2H3. The average molecular weight is 283 g/mol. The van der Waals surface area contributed by atoms with Crippen LogP contribution in [-0.4, -0.2) is 53.3 Å². The molecule has 0 bridgehead atoms. The van der Waals surface area contributed by atoms with Gasteiger partial charge in [-0.2, -0.15) is 0 Å². The van der Waals surface area contributed by atoms with Gasteiger partial charge in [0.25, 0.3) is 0 Å². The van der Waals surface area contributed by atoms with Gasteiger partial charge in [0.05, 0.1) is 18.8 Å². The number of aryl methyl sites for hydroxylation is 1. The number of hydrogen-bond acceptors (Lipinski definition) is 5. The third-order valence-electron chi connectivity index (χ3n) is 3.46. The molecule has 1 rings (SSSR count). The monoisotopic (exact) mass is 283 g/mol. The van der Waals surface area contributed by atoms with Crippen LogP contribution < -0.4 is 10.1 Å². The van der Waals surface area contributed by atoms with Gasteiger partial charge in [0.2, 0.25) is 0 Å². The first kappa shape index (κ1) is 16.9. The van der Waals surface area contributed by atoms with Crippen molar-refractivity contribution in [1.82, 2.24) is 5.32 Å². The van der Waals surface area contributed by atoms with E-state index in [4.69, 9.17) is 4.74 Å². The van der Waals surface area contributed by atoms with Gasteiger partial charge in [-0.05, 0) is 25.5 Å². The zero-order valence-electron chi connectivity index (χ0n) is 12.2. The van der Waals surface area contributed by atoms with Crippen LogP contribution in [-0.2, 0) is 0 Å². The second-order valence-corrected chi connectivity index (χ2v) is 5.11. The fourth-order valence-electron chi connectivity index (χ4n) is 1.73. The third-order valence-corrected chi connectivity index (χ3v) is 3.46. The van der Waals surface area contributed by atoms with Gasteiger partial charge < -0.3 is 25.4 Å². The van der Waals surface area contributed by atoms with Crippen molar-refractivity contribution in [2.45, 2.75) is 31.9 Å².